The molecule has 0 unspecified atom stereocenters. The van der Waals surface area contributed by atoms with Gasteiger partial charge in [0.15, 0.2) is 0 Å². The summed E-state index contributed by atoms with van der Waals surface area (Å²) in [5.41, 5.74) is 0. The zero-order chi connectivity index (χ0) is 0. The van der Waals surface area contributed by atoms with Gasteiger partial charge < -0.3 is 29.7 Å². The van der Waals surface area contributed by atoms with Crippen molar-refractivity contribution in [2.45, 2.75) is 0 Å². The van der Waals surface area contributed by atoms with E-state index in [-0.39, 0.29) is 149 Å². The second-order valence-corrected chi connectivity index (χ2v) is 0. The molecule has 0 atom stereocenters. The Kier molecular flexibility index (Phi) is 780. The van der Waals surface area contributed by atoms with Crippen molar-refractivity contribution in [2.24, 2.45) is 0 Å². The Hall–Kier alpha value is 4.00. The maximum Gasteiger partial charge on any atom is 0 e. The summed E-state index contributed by atoms with van der Waals surface area (Å²) >= 11 is 0. The first kappa shape index (κ1) is 90.8. The van der Waals surface area contributed by atoms with E-state index in [1.54, 1.807) is 0 Å². The van der Waals surface area contributed by atoms with Crippen LogP contribution in [0.2, 0.25) is 0 Å². The summed E-state index contributed by atoms with van der Waals surface area (Å²) in [6, 6.07) is 0. The molecule has 0 saturated heterocycles. The van der Waals surface area contributed by atoms with Crippen LogP contribution in [0.5, 0.6) is 0 Å². The smallest absolute Gasteiger partial charge is 0 e. The van der Waals surface area contributed by atoms with E-state index in [0.717, 1.165) is 0 Å². The minimum absolute atomic E-state index is 0. The molecule has 8 heavy (non-hydrogen) atoms. The van der Waals surface area contributed by atoms with Gasteiger partial charge in [-0.05, 0) is 0 Å². The van der Waals surface area contributed by atoms with Gasteiger partial charge in [-0.1, -0.05) is 0 Å². The van der Waals surface area contributed by atoms with Crippen LogP contribution < -0.4 is 0 Å². The number of rotatable bonds is 0. The van der Waals surface area contributed by atoms with Crippen LogP contribution in [0.1, 0.15) is 0 Å². The first-order valence-electron chi connectivity index (χ1n) is 0. The summed E-state index contributed by atoms with van der Waals surface area (Å²) in [5, 5.41) is 0. The molecule has 4 heteroatoms. The molecule has 0 N–H and O–H groups in total. The van der Waals surface area contributed by atoms with Gasteiger partial charge in [0.2, 0.25) is 0 Å². The molecule has 0 heterocycles. The third-order valence-electron chi connectivity index (χ3n) is 0. The quantitative estimate of drug-likeness (QED) is 0.436. The normalized spacial score (nSPS) is 0. The maximum atomic E-state index is 0. The Balaban J connectivity index is 0. The standard InChI is InChI=1S/4CH3.W.3Y/h4*1H3;;;;/q4*-1;;;;. The first-order chi connectivity index (χ1) is 0. The molecule has 0 aromatic heterocycles. The van der Waals surface area contributed by atoms with Gasteiger partial charge in [0.05, 0.1) is 0 Å². The summed E-state index contributed by atoms with van der Waals surface area (Å²) in [5.74, 6) is 0. The number of hydrogen-bond acceptors (Lipinski definition) is 0. The average Bonchev–Trinajstić information content (AvgIpc) is 0. The van der Waals surface area contributed by atoms with E-state index in [9.17, 15) is 0 Å². The van der Waals surface area contributed by atoms with Crippen molar-refractivity contribution < 1.29 is 119 Å². The van der Waals surface area contributed by atoms with Gasteiger partial charge in [0.1, 0.15) is 0 Å². The predicted molar refractivity (Wildman–Crippen MR) is 25.7 cm³/mol. The van der Waals surface area contributed by atoms with E-state index in [4.69, 9.17) is 0 Å². The van der Waals surface area contributed by atoms with Gasteiger partial charge >= 0.3 is 0 Å². The first-order valence-corrected chi connectivity index (χ1v) is 0. The topological polar surface area (TPSA) is 0 Å². The SMILES string of the molecule is [CH3-].[CH3-].[CH3-].[CH3-].[W].[Y].[Y].[Y]. The van der Waals surface area contributed by atoms with Crippen LogP contribution >= 0.6 is 0 Å². The summed E-state index contributed by atoms with van der Waals surface area (Å²) in [6.07, 6.45) is 0. The van der Waals surface area contributed by atoms with Crippen molar-refractivity contribution in [2.75, 3.05) is 0 Å². The van der Waals surface area contributed by atoms with Crippen LogP contribution in [0.15, 0.2) is 0 Å². The van der Waals surface area contributed by atoms with Crippen LogP contribution in [-0.2, 0) is 119 Å². The van der Waals surface area contributed by atoms with Crippen molar-refractivity contribution in [1.82, 2.24) is 0 Å². The third-order valence-corrected chi connectivity index (χ3v) is 0. The Labute approximate surface area is 145 Å². The molecule has 0 aliphatic rings. The van der Waals surface area contributed by atoms with Gasteiger partial charge in [0, 0.05) is 119 Å². The zero-order valence-electron chi connectivity index (χ0n) is 6.14. The fraction of sp³-hybridized carbons (Fsp3) is 0. The maximum absolute atomic E-state index is 0. The van der Waals surface area contributed by atoms with Crippen molar-refractivity contribution in [1.29, 1.82) is 0 Å². The Morgan fingerprint density at radius 2 is 0.375 bits per heavy atom. The Bertz CT molecular complexity index is 11.2. The van der Waals surface area contributed by atoms with Crippen molar-refractivity contribution >= 4 is 0 Å². The molecule has 0 aromatic carbocycles. The van der Waals surface area contributed by atoms with Crippen LogP contribution in [0.25, 0.3) is 0 Å². The summed E-state index contributed by atoms with van der Waals surface area (Å²) in [6.45, 7) is 0. The second-order valence-electron chi connectivity index (χ2n) is 0. The summed E-state index contributed by atoms with van der Waals surface area (Å²) in [4.78, 5) is 0. The molecule has 0 fully saturated rings. The minimum atomic E-state index is 0. The summed E-state index contributed by atoms with van der Waals surface area (Å²) in [7, 11) is 0. The molecular formula is C4H12WY3-4. The molecule has 0 spiro atoms. The van der Waals surface area contributed by atoms with Gasteiger partial charge in [0.25, 0.3) is 0 Å². The minimum Gasteiger partial charge on any atom is -0.358 e. The molecule has 47 valence electrons. The van der Waals surface area contributed by atoms with E-state index in [1.807, 2.05) is 0 Å². The average molecular weight is 511 g/mol. The van der Waals surface area contributed by atoms with Crippen LogP contribution in [0.3, 0.4) is 0 Å². The van der Waals surface area contributed by atoms with Gasteiger partial charge in [-0.15, -0.1) is 0 Å². The van der Waals surface area contributed by atoms with Crippen LogP contribution in [-0.4, -0.2) is 0 Å². The fourth-order valence-electron chi connectivity index (χ4n) is 0. The van der Waals surface area contributed by atoms with Gasteiger partial charge in [-0.25, -0.2) is 0 Å². The zero-order valence-corrected chi connectivity index (χ0v) is 17.6. The molecule has 0 aliphatic heterocycles. The molecule has 0 rings (SSSR count). The number of hydrogen-bond donors (Lipinski definition) is 0. The molecule has 0 amide bonds. The molecular weight excluding hydrogens is 499 g/mol. The molecule has 0 nitrogen and oxygen atoms in total. The van der Waals surface area contributed by atoms with Crippen molar-refractivity contribution in [3.8, 4) is 0 Å². The van der Waals surface area contributed by atoms with E-state index < -0.39 is 0 Å². The van der Waals surface area contributed by atoms with E-state index in [2.05, 4.69) is 0 Å². The van der Waals surface area contributed by atoms with E-state index in [0.29, 0.717) is 0 Å². The molecule has 0 aliphatic carbocycles. The molecule has 0 aromatic rings. The largest absolute Gasteiger partial charge is 0.358 e. The van der Waals surface area contributed by atoms with Gasteiger partial charge in [-0.2, -0.15) is 0 Å². The van der Waals surface area contributed by atoms with E-state index in [1.165, 1.54) is 0 Å². The van der Waals surface area contributed by atoms with Crippen LogP contribution in [0, 0.1) is 29.7 Å². The van der Waals surface area contributed by atoms with E-state index >= 15 is 0 Å². The van der Waals surface area contributed by atoms with Crippen LogP contribution in [0.4, 0.5) is 0 Å². The molecule has 0 bridgehead atoms. The summed E-state index contributed by atoms with van der Waals surface area (Å²) < 4.78 is 0. The predicted octanol–water partition coefficient (Wildman–Crippen LogP) is 1.79. The second kappa shape index (κ2) is 68.8. The fourth-order valence-corrected chi connectivity index (χ4v) is 0. The van der Waals surface area contributed by atoms with Crippen molar-refractivity contribution in [3.63, 3.8) is 0 Å². The Morgan fingerprint density at radius 1 is 0.375 bits per heavy atom. The Morgan fingerprint density at radius 3 is 0.375 bits per heavy atom. The van der Waals surface area contributed by atoms with Crippen molar-refractivity contribution in [3.05, 3.63) is 29.7 Å². The van der Waals surface area contributed by atoms with Gasteiger partial charge in [-0.3, -0.25) is 0 Å². The molecule has 3 radical (unpaired) electrons. The monoisotopic (exact) mass is 511 g/mol. The molecule has 0 saturated carbocycles. The third kappa shape index (κ3) is 50.6.